The number of amides is 3. The Bertz CT molecular complexity index is 2110. The minimum atomic E-state index is -0.913. The van der Waals surface area contributed by atoms with E-state index < -0.39 is 22.8 Å². The number of hydrogen-bond acceptors (Lipinski definition) is 9. The number of carbonyl (C=O) groups is 3. The van der Waals surface area contributed by atoms with Crippen molar-refractivity contribution in [3.8, 4) is 11.8 Å². The van der Waals surface area contributed by atoms with E-state index in [4.69, 9.17) is 19.5 Å². The molecule has 1 unspecified atom stereocenters. The van der Waals surface area contributed by atoms with E-state index in [1.165, 1.54) is 0 Å². The standard InChI is InChI=1S/C44H58N8O5/c1-28(56-41(2,3)4)49-43(19-20-43)38(53)51-23-9-11-31(51)27-46-34-25-29(15-17-32(34)45-8)13-14-30-16-18-33-35(26-30)48-37(47-33)36-12-10-24-52(36)39(54)44(21-22-44)50-40(55)57-42(5,6)7/h15-18,25-28,31,36,45,49H,9-12,19-24H2,1-8H3,(H,47,48)(H,50,55)/b46-27+/t28?,31-,36-/m0/s1. The highest BCUT2D eigenvalue weighted by Gasteiger charge is 2.56. The van der Waals surface area contributed by atoms with E-state index in [0.29, 0.717) is 25.9 Å². The lowest BCUT2D eigenvalue weighted by atomic mass is 10.1. The topological polar surface area (TPSA) is 153 Å². The smallest absolute Gasteiger partial charge is 0.408 e. The SMILES string of the molecule is CNc1ccc(C#Cc2ccc3[nH]c([C@@H]4CCCN4C(=O)C4(NC(=O)OC(C)(C)C)CC4)nc3c2)cc1/N=C/[C@@H]1CCCN1C(=O)C1(NC(C)OC(C)(C)C)CC1. The number of benzene rings is 2. The van der Waals surface area contributed by atoms with Crippen LogP contribution in [0, 0.1) is 11.8 Å². The summed E-state index contributed by atoms with van der Waals surface area (Å²) in [5.41, 5.74) is 2.47. The second-order valence-corrected chi connectivity index (χ2v) is 18.0. The molecule has 0 radical (unpaired) electrons. The predicted molar refractivity (Wildman–Crippen MR) is 221 cm³/mol. The molecule has 2 saturated heterocycles. The van der Waals surface area contributed by atoms with Crippen LogP contribution in [0.15, 0.2) is 41.4 Å². The van der Waals surface area contributed by atoms with Gasteiger partial charge in [0.15, 0.2) is 0 Å². The summed E-state index contributed by atoms with van der Waals surface area (Å²) >= 11 is 0. The summed E-state index contributed by atoms with van der Waals surface area (Å²) in [6.07, 6.45) is 7.35. The summed E-state index contributed by atoms with van der Waals surface area (Å²) in [5, 5.41) is 9.57. The number of hydrogen-bond donors (Lipinski definition) is 4. The maximum atomic E-state index is 13.8. The first-order valence-corrected chi connectivity index (χ1v) is 20.4. The first kappa shape index (κ1) is 40.3. The molecule has 2 aromatic carbocycles. The van der Waals surface area contributed by atoms with E-state index in [9.17, 15) is 14.4 Å². The number of alkyl carbamates (subject to hydrolysis) is 1. The lowest BCUT2D eigenvalue weighted by molar-refractivity contribution is -0.138. The number of aliphatic imine (C=N–C) groups is 1. The van der Waals surface area contributed by atoms with Gasteiger partial charge in [-0.25, -0.2) is 9.78 Å². The van der Waals surface area contributed by atoms with E-state index in [1.807, 2.05) is 87.2 Å². The lowest BCUT2D eigenvalue weighted by Gasteiger charge is -2.32. The van der Waals surface area contributed by atoms with Gasteiger partial charge in [-0.05, 0) is 136 Å². The van der Waals surface area contributed by atoms with Gasteiger partial charge < -0.3 is 34.9 Å². The fourth-order valence-electron chi connectivity index (χ4n) is 8.05. The molecule has 3 amide bonds. The average molecular weight is 779 g/mol. The van der Waals surface area contributed by atoms with E-state index in [-0.39, 0.29) is 35.7 Å². The molecular formula is C44H58N8O5. The Morgan fingerprint density at radius 1 is 0.912 bits per heavy atom. The van der Waals surface area contributed by atoms with E-state index >= 15 is 0 Å². The molecule has 0 spiro atoms. The Morgan fingerprint density at radius 3 is 2.23 bits per heavy atom. The molecule has 4 N–H and O–H groups in total. The van der Waals surface area contributed by atoms with Crippen LogP contribution in [0.25, 0.3) is 11.0 Å². The fourth-order valence-corrected chi connectivity index (χ4v) is 8.05. The van der Waals surface area contributed by atoms with Crippen LogP contribution >= 0.6 is 0 Å². The van der Waals surface area contributed by atoms with Gasteiger partial charge in [-0.15, -0.1) is 0 Å². The van der Waals surface area contributed by atoms with Gasteiger partial charge in [0.2, 0.25) is 11.8 Å². The van der Waals surface area contributed by atoms with E-state index in [0.717, 1.165) is 77.9 Å². The van der Waals surface area contributed by atoms with Crippen molar-refractivity contribution in [1.82, 2.24) is 30.4 Å². The second kappa shape index (κ2) is 15.4. The molecule has 4 fully saturated rings. The molecule has 57 heavy (non-hydrogen) atoms. The normalized spacial score (nSPS) is 21.6. The molecule has 7 rings (SSSR count). The van der Waals surface area contributed by atoms with Crippen molar-refractivity contribution >= 4 is 46.5 Å². The molecule has 2 aliphatic carbocycles. The van der Waals surface area contributed by atoms with Crippen molar-refractivity contribution < 1.29 is 23.9 Å². The zero-order chi connectivity index (χ0) is 40.8. The van der Waals surface area contributed by atoms with Crippen LogP contribution in [0.3, 0.4) is 0 Å². The molecule has 1 aromatic heterocycles. The maximum absolute atomic E-state index is 13.8. The second-order valence-electron chi connectivity index (χ2n) is 18.0. The average Bonchev–Trinajstić information content (AvgIpc) is 3.87. The number of aromatic amines is 1. The van der Waals surface area contributed by atoms with Crippen molar-refractivity contribution in [1.29, 1.82) is 0 Å². The molecule has 2 saturated carbocycles. The van der Waals surface area contributed by atoms with Gasteiger partial charge in [-0.2, -0.15) is 0 Å². The van der Waals surface area contributed by atoms with Gasteiger partial charge in [-0.3, -0.25) is 19.9 Å². The van der Waals surface area contributed by atoms with Crippen LogP contribution in [0.4, 0.5) is 16.2 Å². The summed E-state index contributed by atoms with van der Waals surface area (Å²) in [6, 6.07) is 11.5. The van der Waals surface area contributed by atoms with Crippen LogP contribution in [-0.2, 0) is 19.1 Å². The van der Waals surface area contributed by atoms with Crippen LogP contribution in [-0.4, -0.2) is 98.6 Å². The number of rotatable bonds is 10. The zero-order valence-corrected chi connectivity index (χ0v) is 34.7. The first-order valence-electron chi connectivity index (χ1n) is 20.4. The third kappa shape index (κ3) is 9.29. The number of anilines is 1. The number of H-pyrrole nitrogens is 1. The number of nitrogens with one attached hydrogen (secondary N) is 4. The highest BCUT2D eigenvalue weighted by atomic mass is 16.6. The number of carbonyl (C=O) groups excluding carboxylic acids is 3. The highest BCUT2D eigenvalue weighted by Crippen LogP contribution is 2.43. The Balaban J connectivity index is 1.02. The maximum Gasteiger partial charge on any atom is 0.408 e. The molecule has 13 heteroatoms. The molecule has 4 aliphatic rings. The van der Waals surface area contributed by atoms with E-state index in [1.54, 1.807) is 20.8 Å². The number of likely N-dealkylation sites (tertiary alicyclic amines) is 2. The first-order chi connectivity index (χ1) is 27.0. The van der Waals surface area contributed by atoms with Crippen molar-refractivity contribution in [2.24, 2.45) is 4.99 Å². The van der Waals surface area contributed by atoms with Crippen LogP contribution < -0.4 is 16.0 Å². The molecule has 2 aliphatic heterocycles. The lowest BCUT2D eigenvalue weighted by Crippen LogP contribution is -2.54. The number of aromatic nitrogens is 2. The van der Waals surface area contributed by atoms with Gasteiger partial charge in [-0.1, -0.05) is 11.8 Å². The van der Waals surface area contributed by atoms with Gasteiger partial charge in [0.05, 0.1) is 40.1 Å². The van der Waals surface area contributed by atoms with Gasteiger partial charge in [0.1, 0.15) is 28.7 Å². The molecule has 3 atom stereocenters. The number of imidazole rings is 1. The molecule has 0 bridgehead atoms. The fraction of sp³-hybridized carbons (Fsp3) is 0.568. The monoisotopic (exact) mass is 778 g/mol. The van der Waals surface area contributed by atoms with Crippen molar-refractivity contribution in [3.63, 3.8) is 0 Å². The number of ether oxygens (including phenoxy) is 2. The Hall–Kier alpha value is -4.93. The summed E-state index contributed by atoms with van der Waals surface area (Å²) in [6.45, 7) is 14.8. The van der Waals surface area contributed by atoms with Gasteiger partial charge in [0, 0.05) is 37.5 Å². The molecule has 3 heterocycles. The number of fused-ring (bicyclic) bond motifs is 1. The summed E-state index contributed by atoms with van der Waals surface area (Å²) < 4.78 is 11.5. The summed E-state index contributed by atoms with van der Waals surface area (Å²) in [4.78, 5) is 57.3. The highest BCUT2D eigenvalue weighted by molar-refractivity contribution is 5.94. The molecular weight excluding hydrogens is 721 g/mol. The van der Waals surface area contributed by atoms with Crippen LogP contribution in [0.5, 0.6) is 0 Å². The third-order valence-corrected chi connectivity index (χ3v) is 11.0. The van der Waals surface area contributed by atoms with Crippen LogP contribution in [0.1, 0.15) is 123 Å². The van der Waals surface area contributed by atoms with Crippen molar-refractivity contribution in [3.05, 3.63) is 53.3 Å². The van der Waals surface area contributed by atoms with Gasteiger partial charge >= 0.3 is 6.09 Å². The Kier molecular flexibility index (Phi) is 10.9. The summed E-state index contributed by atoms with van der Waals surface area (Å²) in [5.74, 6) is 7.37. The minimum absolute atomic E-state index is 0.0823. The van der Waals surface area contributed by atoms with E-state index in [2.05, 4.69) is 32.8 Å². The molecule has 3 aromatic rings. The largest absolute Gasteiger partial charge is 0.444 e. The Labute approximate surface area is 336 Å². The van der Waals surface area contributed by atoms with Crippen molar-refractivity contribution in [2.45, 2.75) is 140 Å². The molecule has 304 valence electrons. The predicted octanol–water partition coefficient (Wildman–Crippen LogP) is 6.70. The number of nitrogens with zero attached hydrogens (tertiary/aromatic N) is 4. The zero-order valence-electron chi connectivity index (χ0n) is 34.7. The minimum Gasteiger partial charge on any atom is -0.444 e. The molecule has 13 nitrogen and oxygen atoms in total. The van der Waals surface area contributed by atoms with Crippen LogP contribution in [0.2, 0.25) is 0 Å². The quantitative estimate of drug-likeness (QED) is 0.101. The van der Waals surface area contributed by atoms with Gasteiger partial charge in [0.25, 0.3) is 0 Å². The van der Waals surface area contributed by atoms with Crippen molar-refractivity contribution in [2.75, 3.05) is 25.5 Å². The summed E-state index contributed by atoms with van der Waals surface area (Å²) in [7, 11) is 1.87. The Morgan fingerprint density at radius 2 is 1.56 bits per heavy atom. The third-order valence-electron chi connectivity index (χ3n) is 11.0.